The van der Waals surface area contributed by atoms with Gasteiger partial charge in [-0.25, -0.2) is 9.38 Å². The summed E-state index contributed by atoms with van der Waals surface area (Å²) in [5.41, 5.74) is 0.553. The van der Waals surface area contributed by atoms with Crippen LogP contribution in [0.5, 0.6) is 0 Å². The fourth-order valence-electron chi connectivity index (χ4n) is 2.19. The number of nitrogens with one attached hydrogen (secondary N) is 2. The summed E-state index contributed by atoms with van der Waals surface area (Å²) < 4.78 is 12.9. The Kier molecular flexibility index (Phi) is 7.40. The van der Waals surface area contributed by atoms with Crippen molar-refractivity contribution in [1.82, 2.24) is 10.2 Å². The van der Waals surface area contributed by atoms with Crippen LogP contribution in [-0.2, 0) is 11.2 Å². The summed E-state index contributed by atoms with van der Waals surface area (Å²) in [6.07, 6.45) is 0.931. The van der Waals surface area contributed by atoms with E-state index in [0.717, 1.165) is 19.5 Å². The molecule has 0 atom stereocenters. The van der Waals surface area contributed by atoms with E-state index < -0.39 is 0 Å². The number of hydrogen-bond donors (Lipinski definition) is 2. The summed E-state index contributed by atoms with van der Waals surface area (Å²) in [4.78, 5) is 19.7. The lowest BCUT2D eigenvalue weighted by Crippen LogP contribution is -2.40. The van der Waals surface area contributed by atoms with Crippen molar-refractivity contribution in [2.75, 3.05) is 32.0 Å². The fourth-order valence-corrected chi connectivity index (χ4v) is 2.89. The molecule has 2 rings (SSSR count). The van der Waals surface area contributed by atoms with Crippen LogP contribution in [0.4, 0.5) is 10.1 Å². The smallest absolute Gasteiger partial charge is 0.246 e. The Morgan fingerprint density at radius 3 is 2.68 bits per heavy atom. The van der Waals surface area contributed by atoms with Gasteiger partial charge in [0.25, 0.3) is 0 Å². The van der Waals surface area contributed by atoms with Gasteiger partial charge < -0.3 is 15.5 Å². The van der Waals surface area contributed by atoms with Gasteiger partial charge in [-0.05, 0) is 49.1 Å². The van der Waals surface area contributed by atoms with E-state index in [4.69, 9.17) is 0 Å². The number of carbonyl (C=O) groups is 1. The van der Waals surface area contributed by atoms with E-state index >= 15 is 0 Å². The molecule has 7 heteroatoms. The monoisotopic (exact) mass is 362 g/mol. The van der Waals surface area contributed by atoms with Gasteiger partial charge in [0.05, 0.1) is 0 Å². The number of amides is 1. The highest BCUT2D eigenvalue weighted by atomic mass is 32.1. The van der Waals surface area contributed by atoms with Crippen molar-refractivity contribution >= 4 is 28.9 Å². The van der Waals surface area contributed by atoms with Gasteiger partial charge in [0, 0.05) is 30.7 Å². The number of rotatable bonds is 7. The molecule has 1 heterocycles. The topological polar surface area (TPSA) is 56.7 Å². The average Bonchev–Trinajstić information content (AvgIpc) is 3.12. The Bertz CT molecular complexity index is 686. The second-order valence-corrected chi connectivity index (χ2v) is 6.51. The summed E-state index contributed by atoms with van der Waals surface area (Å²) >= 11 is 1.73. The van der Waals surface area contributed by atoms with Crippen LogP contribution in [0.3, 0.4) is 0 Å². The minimum absolute atomic E-state index is 0.00303. The van der Waals surface area contributed by atoms with Crippen LogP contribution in [0.2, 0.25) is 0 Å². The predicted octanol–water partition coefficient (Wildman–Crippen LogP) is 2.97. The van der Waals surface area contributed by atoms with Gasteiger partial charge in [-0.1, -0.05) is 6.07 Å². The first-order valence-electron chi connectivity index (χ1n) is 8.15. The molecule has 0 aliphatic heterocycles. The van der Waals surface area contributed by atoms with Crippen LogP contribution in [0.1, 0.15) is 11.8 Å². The lowest BCUT2D eigenvalue weighted by molar-refractivity contribution is -0.114. The van der Waals surface area contributed by atoms with Gasteiger partial charge in [0.1, 0.15) is 12.4 Å². The first kappa shape index (κ1) is 18.9. The maximum atomic E-state index is 12.9. The normalized spacial score (nSPS) is 11.2. The van der Waals surface area contributed by atoms with Crippen LogP contribution in [0.15, 0.2) is 46.8 Å². The van der Waals surface area contributed by atoms with Crippen LogP contribution < -0.4 is 10.6 Å². The van der Waals surface area contributed by atoms with Crippen molar-refractivity contribution in [3.05, 3.63) is 52.5 Å². The van der Waals surface area contributed by atoms with Gasteiger partial charge in [-0.2, -0.15) is 0 Å². The van der Waals surface area contributed by atoms with Crippen molar-refractivity contribution < 1.29 is 9.18 Å². The molecule has 1 aromatic carbocycles. The minimum atomic E-state index is -0.335. The third-order valence-electron chi connectivity index (χ3n) is 3.47. The first-order chi connectivity index (χ1) is 12.1. The van der Waals surface area contributed by atoms with E-state index in [-0.39, 0.29) is 18.3 Å². The number of aliphatic imine (C=N–C) groups is 1. The Hall–Kier alpha value is -2.41. The summed E-state index contributed by atoms with van der Waals surface area (Å²) in [6.45, 7) is 3.53. The molecule has 0 saturated carbocycles. The molecule has 134 valence electrons. The molecular weight excluding hydrogens is 339 g/mol. The molecule has 0 fully saturated rings. The predicted molar refractivity (Wildman–Crippen MR) is 102 cm³/mol. The van der Waals surface area contributed by atoms with Crippen molar-refractivity contribution in [3.8, 4) is 0 Å². The second kappa shape index (κ2) is 9.78. The van der Waals surface area contributed by atoms with Crippen LogP contribution in [0.25, 0.3) is 0 Å². The molecule has 2 N–H and O–H groups in total. The van der Waals surface area contributed by atoms with E-state index in [1.54, 1.807) is 11.3 Å². The molecule has 25 heavy (non-hydrogen) atoms. The maximum absolute atomic E-state index is 12.9. The van der Waals surface area contributed by atoms with E-state index in [9.17, 15) is 9.18 Å². The third-order valence-corrected chi connectivity index (χ3v) is 4.41. The van der Waals surface area contributed by atoms with E-state index in [2.05, 4.69) is 27.1 Å². The lowest BCUT2D eigenvalue weighted by atomic mass is 10.3. The maximum Gasteiger partial charge on any atom is 0.246 e. The number of thiophene rings is 1. The number of hydrogen-bond acceptors (Lipinski definition) is 3. The fraction of sp³-hybridized carbons (Fsp3) is 0.333. The van der Waals surface area contributed by atoms with Gasteiger partial charge in [0.15, 0.2) is 5.96 Å². The molecular formula is C18H23FN4OS. The Morgan fingerprint density at radius 2 is 2.04 bits per heavy atom. The van der Waals surface area contributed by atoms with Gasteiger partial charge in [0.2, 0.25) is 5.91 Å². The molecule has 0 spiro atoms. The highest BCUT2D eigenvalue weighted by Gasteiger charge is 2.08. The zero-order valence-electron chi connectivity index (χ0n) is 14.5. The van der Waals surface area contributed by atoms with E-state index in [0.29, 0.717) is 11.6 Å². The van der Waals surface area contributed by atoms with Crippen LogP contribution >= 0.6 is 11.3 Å². The summed E-state index contributed by atoms with van der Waals surface area (Å²) in [5, 5.41) is 7.96. The molecule has 0 aliphatic rings. The summed E-state index contributed by atoms with van der Waals surface area (Å²) in [6, 6.07) is 9.81. The summed E-state index contributed by atoms with van der Waals surface area (Å²) in [7, 11) is 1.95. The zero-order valence-corrected chi connectivity index (χ0v) is 15.3. The van der Waals surface area contributed by atoms with Crippen LogP contribution in [0, 0.1) is 5.82 Å². The quantitative estimate of drug-likeness (QED) is 0.588. The number of guanidine groups is 1. The van der Waals surface area contributed by atoms with Crippen LogP contribution in [-0.4, -0.2) is 43.4 Å². The number of likely N-dealkylation sites (N-methyl/N-ethyl adjacent to an activating group) is 1. The molecule has 0 bridgehead atoms. The van der Waals surface area contributed by atoms with Gasteiger partial charge in [-0.15, -0.1) is 11.3 Å². The molecule has 1 amide bonds. The highest BCUT2D eigenvalue weighted by molar-refractivity contribution is 7.09. The number of halogens is 1. The van der Waals surface area contributed by atoms with Crippen molar-refractivity contribution in [2.24, 2.45) is 4.99 Å². The highest BCUT2D eigenvalue weighted by Crippen LogP contribution is 2.10. The lowest BCUT2D eigenvalue weighted by Gasteiger charge is -2.21. The van der Waals surface area contributed by atoms with Crippen molar-refractivity contribution in [3.63, 3.8) is 0 Å². The average molecular weight is 362 g/mol. The van der Waals surface area contributed by atoms with Crippen molar-refractivity contribution in [1.29, 1.82) is 0 Å². The largest absolute Gasteiger partial charge is 0.357 e. The molecule has 5 nitrogen and oxygen atoms in total. The Labute approximate surface area is 151 Å². The first-order valence-corrected chi connectivity index (χ1v) is 9.03. The minimum Gasteiger partial charge on any atom is -0.357 e. The Morgan fingerprint density at radius 1 is 1.28 bits per heavy atom. The molecule has 2 aromatic rings. The third kappa shape index (κ3) is 6.54. The number of carbonyl (C=O) groups excluding carboxylic acids is 1. The molecule has 0 saturated heterocycles. The SMILES string of the molecule is CCNC(=NCC(=O)Nc1ccc(F)cc1)N(C)CCc1cccs1. The number of nitrogens with zero attached hydrogens (tertiary/aromatic N) is 2. The number of anilines is 1. The Balaban J connectivity index is 1.88. The molecule has 0 unspecified atom stereocenters. The summed E-state index contributed by atoms with van der Waals surface area (Å²) in [5.74, 6) is 0.111. The molecule has 0 aliphatic carbocycles. The zero-order chi connectivity index (χ0) is 18.1. The van der Waals surface area contributed by atoms with Gasteiger partial charge in [-0.3, -0.25) is 4.79 Å². The molecule has 1 aromatic heterocycles. The van der Waals surface area contributed by atoms with Crippen molar-refractivity contribution in [2.45, 2.75) is 13.3 Å². The standard InChI is InChI=1S/C18H23FN4OS/c1-3-20-18(23(2)11-10-16-5-4-12-25-16)21-13-17(24)22-15-8-6-14(19)7-9-15/h4-9,12H,3,10-11,13H2,1-2H3,(H,20,21)(H,22,24). The van der Waals surface area contributed by atoms with E-state index in [1.807, 2.05) is 24.9 Å². The van der Waals surface area contributed by atoms with E-state index in [1.165, 1.54) is 29.1 Å². The van der Waals surface area contributed by atoms with Gasteiger partial charge >= 0.3 is 0 Å². The molecule has 0 radical (unpaired) electrons. The second-order valence-electron chi connectivity index (χ2n) is 5.48. The number of benzene rings is 1.